The molecule has 2 heterocycles. The van der Waals surface area contributed by atoms with Gasteiger partial charge in [0.25, 0.3) is 0 Å². The number of aromatic amines is 1. The molecule has 3 aromatic rings. The number of halogens is 3. The van der Waals surface area contributed by atoms with Gasteiger partial charge in [-0.1, -0.05) is 0 Å². The normalized spacial score (nSPS) is 12.0. The Kier molecular flexibility index (Phi) is 5.96. The first-order valence-electron chi connectivity index (χ1n) is 6.75. The van der Waals surface area contributed by atoms with Crippen LogP contribution in [0.5, 0.6) is 0 Å². The van der Waals surface area contributed by atoms with Crippen LogP contribution in [0.15, 0.2) is 41.3 Å². The standard InChI is InChI=1S/C15H11F2N3O3S.ClH/c16-11-5-8(7-19-24(22)23)6-12(17)14(11)9-3-4-18-15-10(9)1-2-13(21)20-15;/h1-6,19H,7H2,(H,22,23)(H,18,20,21);1H/p-1. The van der Waals surface area contributed by atoms with Crippen LogP contribution in [0.25, 0.3) is 22.2 Å². The lowest BCUT2D eigenvalue weighted by Crippen LogP contribution is -2.16. The van der Waals surface area contributed by atoms with Crippen LogP contribution in [0.4, 0.5) is 8.78 Å². The first-order chi connectivity index (χ1) is 11.5. The van der Waals surface area contributed by atoms with Gasteiger partial charge in [-0.3, -0.25) is 9.00 Å². The molecular weight excluding hydrogens is 376 g/mol. The van der Waals surface area contributed by atoms with Crippen LogP contribution in [0.1, 0.15) is 5.56 Å². The van der Waals surface area contributed by atoms with Crippen LogP contribution in [0.3, 0.4) is 0 Å². The van der Waals surface area contributed by atoms with Crippen molar-refractivity contribution < 1.29 is 17.5 Å². The highest BCUT2D eigenvalue weighted by molar-refractivity contribution is 7.77. The summed E-state index contributed by atoms with van der Waals surface area (Å²) in [6.45, 7) is -0.228. The molecule has 0 saturated heterocycles. The molecule has 0 bridgehead atoms. The van der Waals surface area contributed by atoms with Gasteiger partial charge in [0.05, 0.1) is 5.56 Å². The number of rotatable bonds is 4. The zero-order valence-corrected chi connectivity index (χ0v) is 14.0. The maximum atomic E-state index is 14.4. The second-order valence-electron chi connectivity index (χ2n) is 4.93. The third-order valence-electron chi connectivity index (χ3n) is 3.40. The first-order valence-corrected chi connectivity index (χ1v) is 7.82. The van der Waals surface area contributed by atoms with Crippen molar-refractivity contribution in [2.45, 2.75) is 6.54 Å². The number of benzene rings is 1. The van der Waals surface area contributed by atoms with Crippen LogP contribution in [-0.2, 0) is 17.8 Å². The highest BCUT2D eigenvalue weighted by Gasteiger charge is 2.16. The SMILES string of the molecule is Cl.O=c1ccc2c(-c3c(F)cc(CNS(=O)[O-])cc3F)ccnc2[nH]1. The summed E-state index contributed by atoms with van der Waals surface area (Å²) in [4.78, 5) is 17.8. The number of pyridine rings is 2. The number of fused-ring (bicyclic) bond motifs is 1. The largest absolute Gasteiger partial charge is 0.760 e. The molecule has 0 aliphatic heterocycles. The van der Waals surface area contributed by atoms with Crippen LogP contribution in [0.2, 0.25) is 0 Å². The van der Waals surface area contributed by atoms with Crippen molar-refractivity contribution in [3.8, 4) is 11.1 Å². The molecule has 2 aromatic heterocycles. The molecule has 2 N–H and O–H groups in total. The topological polar surface area (TPSA) is 97.9 Å². The van der Waals surface area contributed by atoms with Gasteiger partial charge in [0.1, 0.15) is 17.3 Å². The summed E-state index contributed by atoms with van der Waals surface area (Å²) in [6.07, 6.45) is 1.34. The minimum Gasteiger partial charge on any atom is -0.760 e. The lowest BCUT2D eigenvalue weighted by Gasteiger charge is -2.12. The van der Waals surface area contributed by atoms with Crippen LogP contribution < -0.4 is 10.3 Å². The maximum absolute atomic E-state index is 14.4. The fourth-order valence-corrected chi connectivity index (χ4v) is 2.69. The predicted octanol–water partition coefficient (Wildman–Crippen LogP) is 2.17. The molecule has 25 heavy (non-hydrogen) atoms. The van der Waals surface area contributed by atoms with Gasteiger partial charge in [-0.05, 0) is 29.8 Å². The van der Waals surface area contributed by atoms with E-state index < -0.39 is 22.9 Å². The van der Waals surface area contributed by atoms with E-state index in [9.17, 15) is 22.3 Å². The third kappa shape index (κ3) is 4.07. The monoisotopic (exact) mass is 386 g/mol. The second-order valence-corrected chi connectivity index (χ2v) is 5.69. The van der Waals surface area contributed by atoms with Crippen molar-refractivity contribution in [1.29, 1.82) is 0 Å². The molecule has 0 spiro atoms. The van der Waals surface area contributed by atoms with Crippen molar-refractivity contribution in [3.63, 3.8) is 0 Å². The van der Waals surface area contributed by atoms with Crippen LogP contribution in [0, 0.1) is 11.6 Å². The molecule has 0 saturated carbocycles. The van der Waals surface area contributed by atoms with Gasteiger partial charge in [-0.15, -0.1) is 12.4 Å². The lowest BCUT2D eigenvalue weighted by atomic mass is 10.00. The molecule has 1 atom stereocenters. The van der Waals surface area contributed by atoms with E-state index in [0.717, 1.165) is 12.1 Å². The Balaban J connectivity index is 0.00000225. The Morgan fingerprint density at radius 2 is 1.88 bits per heavy atom. The molecule has 3 rings (SSSR count). The fraction of sp³-hybridized carbons (Fsp3) is 0.0667. The van der Waals surface area contributed by atoms with Crippen molar-refractivity contribution in [2.75, 3.05) is 0 Å². The Bertz CT molecular complexity index is 990. The second kappa shape index (κ2) is 7.79. The Labute approximate surface area is 149 Å². The van der Waals surface area contributed by atoms with Crippen LogP contribution in [-0.4, -0.2) is 18.7 Å². The zero-order chi connectivity index (χ0) is 17.3. The Morgan fingerprint density at radius 1 is 1.20 bits per heavy atom. The summed E-state index contributed by atoms with van der Waals surface area (Å²) < 4.78 is 51.8. The van der Waals surface area contributed by atoms with E-state index in [4.69, 9.17) is 0 Å². The highest BCUT2D eigenvalue weighted by Crippen LogP contribution is 2.31. The van der Waals surface area contributed by atoms with E-state index in [1.807, 2.05) is 4.72 Å². The highest BCUT2D eigenvalue weighted by atomic mass is 35.5. The van der Waals surface area contributed by atoms with Gasteiger partial charge < -0.3 is 9.54 Å². The molecule has 0 radical (unpaired) electrons. The summed E-state index contributed by atoms with van der Waals surface area (Å²) in [6, 6.07) is 6.22. The first kappa shape index (κ1) is 19.1. The zero-order valence-electron chi connectivity index (χ0n) is 12.4. The third-order valence-corrected chi connectivity index (χ3v) is 3.78. The van der Waals surface area contributed by atoms with E-state index >= 15 is 0 Å². The van der Waals surface area contributed by atoms with E-state index in [1.165, 1.54) is 24.4 Å². The van der Waals surface area contributed by atoms with E-state index in [-0.39, 0.29) is 46.8 Å². The molecule has 6 nitrogen and oxygen atoms in total. The number of nitrogens with zero attached hydrogens (tertiary/aromatic N) is 1. The molecule has 0 amide bonds. The smallest absolute Gasteiger partial charge is 0.249 e. The van der Waals surface area contributed by atoms with Gasteiger partial charge in [0.15, 0.2) is 0 Å². The fourth-order valence-electron chi connectivity index (χ4n) is 2.40. The van der Waals surface area contributed by atoms with Gasteiger partial charge in [-0.2, -0.15) is 0 Å². The van der Waals surface area contributed by atoms with Gasteiger partial charge in [-0.25, -0.2) is 18.5 Å². The molecular formula is C15H11ClF2N3O3S-. The number of hydrogen-bond acceptors (Lipinski definition) is 4. The number of aromatic nitrogens is 2. The van der Waals surface area contributed by atoms with Crippen LogP contribution >= 0.6 is 12.4 Å². The van der Waals surface area contributed by atoms with Gasteiger partial charge in [0, 0.05) is 41.0 Å². The minimum absolute atomic E-state index is 0. The summed E-state index contributed by atoms with van der Waals surface area (Å²) in [5.41, 5.74) is -0.0595. The average Bonchev–Trinajstić information content (AvgIpc) is 2.52. The van der Waals surface area contributed by atoms with Crippen molar-refractivity contribution in [2.24, 2.45) is 0 Å². The molecule has 10 heteroatoms. The molecule has 1 unspecified atom stereocenters. The average molecular weight is 387 g/mol. The quantitative estimate of drug-likeness (QED) is 0.671. The summed E-state index contributed by atoms with van der Waals surface area (Å²) in [5, 5.41) is 0.390. The summed E-state index contributed by atoms with van der Waals surface area (Å²) in [7, 11) is 0. The van der Waals surface area contributed by atoms with Gasteiger partial charge >= 0.3 is 0 Å². The predicted molar refractivity (Wildman–Crippen MR) is 90.7 cm³/mol. The number of nitrogens with one attached hydrogen (secondary N) is 2. The van der Waals surface area contributed by atoms with Gasteiger partial charge in [0.2, 0.25) is 5.56 Å². The van der Waals surface area contributed by atoms with Crippen molar-refractivity contribution in [3.05, 3.63) is 64.1 Å². The molecule has 0 fully saturated rings. The summed E-state index contributed by atoms with van der Waals surface area (Å²) >= 11 is -2.53. The van der Waals surface area contributed by atoms with E-state index in [0.29, 0.717) is 5.39 Å². The van der Waals surface area contributed by atoms with Crippen molar-refractivity contribution in [1.82, 2.24) is 14.7 Å². The number of H-pyrrole nitrogens is 1. The molecule has 132 valence electrons. The minimum atomic E-state index is -2.53. The lowest BCUT2D eigenvalue weighted by molar-refractivity contribution is 0.521. The molecule has 1 aromatic carbocycles. The molecule has 0 aliphatic rings. The maximum Gasteiger partial charge on any atom is 0.249 e. The molecule has 0 aliphatic carbocycles. The van der Waals surface area contributed by atoms with E-state index in [2.05, 4.69) is 9.97 Å². The summed E-state index contributed by atoms with van der Waals surface area (Å²) in [5.74, 6) is -1.69. The Hall–Kier alpha value is -2.20. The van der Waals surface area contributed by atoms with Crippen molar-refractivity contribution >= 4 is 34.7 Å². The Morgan fingerprint density at radius 3 is 2.52 bits per heavy atom. The van der Waals surface area contributed by atoms with E-state index in [1.54, 1.807) is 0 Å². The number of hydrogen-bond donors (Lipinski definition) is 2.